The Kier molecular flexibility index (Phi) is 6.53. The van der Waals surface area contributed by atoms with Gasteiger partial charge in [0.2, 0.25) is 0 Å². The van der Waals surface area contributed by atoms with Crippen molar-refractivity contribution in [3.8, 4) is 22.4 Å². The lowest BCUT2D eigenvalue weighted by Crippen LogP contribution is -2.33. The van der Waals surface area contributed by atoms with E-state index in [1.807, 2.05) is 18.3 Å². The van der Waals surface area contributed by atoms with Crippen molar-refractivity contribution in [3.05, 3.63) is 68.4 Å². The Balaban J connectivity index is 1.41. The van der Waals surface area contributed by atoms with E-state index < -0.39 is 29.7 Å². The van der Waals surface area contributed by atoms with Gasteiger partial charge in [-0.05, 0) is 30.0 Å². The van der Waals surface area contributed by atoms with Crippen molar-refractivity contribution >= 4 is 11.3 Å². The quantitative estimate of drug-likeness (QED) is 0.397. The number of aromatic amines is 1. The largest absolute Gasteiger partial charge is 0.394 e. The normalized spacial score (nSPS) is 20.5. The van der Waals surface area contributed by atoms with Gasteiger partial charge in [0.25, 0.3) is 5.56 Å². The van der Waals surface area contributed by atoms with Gasteiger partial charge in [-0.3, -0.25) is 14.3 Å². The van der Waals surface area contributed by atoms with Gasteiger partial charge in [-0.1, -0.05) is 17.9 Å². The Bertz CT molecular complexity index is 1200. The monoisotopic (exact) mass is 441 g/mol. The van der Waals surface area contributed by atoms with E-state index in [0.717, 1.165) is 13.0 Å². The molecule has 1 aliphatic rings. The first-order valence-corrected chi connectivity index (χ1v) is 10.9. The molecule has 0 amide bonds. The third kappa shape index (κ3) is 4.73. The number of nitrogens with one attached hydrogen (secondary N) is 1. The second-order valence-corrected chi connectivity index (χ2v) is 8.24. The van der Waals surface area contributed by atoms with Crippen LogP contribution in [0.1, 0.15) is 31.1 Å². The number of H-pyrrole nitrogens is 1. The smallest absolute Gasteiger partial charge is 0.330 e. The van der Waals surface area contributed by atoms with E-state index in [9.17, 15) is 19.8 Å². The first-order valence-electron chi connectivity index (χ1n) is 10.0. The Morgan fingerprint density at radius 1 is 1.29 bits per heavy atom. The number of ether oxygens (including phenoxy) is 1. The molecule has 31 heavy (non-hydrogen) atoms. The van der Waals surface area contributed by atoms with Crippen molar-refractivity contribution in [2.45, 2.75) is 44.2 Å². The number of hydrogen-bond donors (Lipinski definition) is 3. The number of aromatic nitrogens is 3. The van der Waals surface area contributed by atoms with Crippen molar-refractivity contribution in [3.63, 3.8) is 0 Å². The van der Waals surface area contributed by atoms with E-state index in [2.05, 4.69) is 38.9 Å². The fraction of sp³-hybridized carbons (Fsp3) is 0.364. The average Bonchev–Trinajstić information content (AvgIpc) is 3.49. The molecule has 0 saturated carbocycles. The number of aryl methyl sites for hydroxylation is 1. The van der Waals surface area contributed by atoms with Crippen molar-refractivity contribution < 1.29 is 14.9 Å². The maximum Gasteiger partial charge on any atom is 0.330 e. The van der Waals surface area contributed by atoms with E-state index in [1.165, 1.54) is 21.3 Å². The summed E-state index contributed by atoms with van der Waals surface area (Å²) in [6.07, 6.45) is 2.54. The molecule has 3 atom stereocenters. The summed E-state index contributed by atoms with van der Waals surface area (Å²) >= 11 is 1.70. The van der Waals surface area contributed by atoms with Gasteiger partial charge in [-0.15, -0.1) is 11.3 Å². The van der Waals surface area contributed by atoms with Crippen molar-refractivity contribution in [2.75, 3.05) is 6.61 Å². The second-order valence-electron chi connectivity index (χ2n) is 7.29. The minimum absolute atomic E-state index is 0.146. The standard InChI is InChI=1S/C22H23N3O5S/c26-14-18-17(27)12-20(30-18)25-13-15(21(28)23-22(25)29)6-2-1-3-9-24-10-4-7-16(24)19-8-5-11-31-19/h4-5,7-8,10-11,13,17-18,20,26-27H,1,3,9,12,14H2,(H,23,28,29)/t17-,18+,20+/m0/s1. The van der Waals surface area contributed by atoms with Gasteiger partial charge >= 0.3 is 5.69 Å². The minimum Gasteiger partial charge on any atom is -0.394 e. The topological polar surface area (TPSA) is 109 Å². The third-order valence-electron chi connectivity index (χ3n) is 5.19. The molecule has 3 N–H and O–H groups in total. The van der Waals surface area contributed by atoms with Crippen molar-refractivity contribution in [2.24, 2.45) is 0 Å². The van der Waals surface area contributed by atoms with Crippen LogP contribution >= 0.6 is 11.3 Å². The SMILES string of the molecule is O=c1[nH]c(=O)n([C@H]2C[C@H](O)[C@@H](CO)O2)cc1C#CCCCn1cccc1-c1cccs1. The van der Waals surface area contributed by atoms with Crippen LogP contribution in [0.2, 0.25) is 0 Å². The molecular weight excluding hydrogens is 418 g/mol. The van der Waals surface area contributed by atoms with Crippen LogP contribution in [-0.2, 0) is 11.3 Å². The number of hydrogen-bond acceptors (Lipinski definition) is 6. The Morgan fingerprint density at radius 3 is 2.90 bits per heavy atom. The highest BCUT2D eigenvalue weighted by Gasteiger charge is 2.35. The highest BCUT2D eigenvalue weighted by Crippen LogP contribution is 2.27. The van der Waals surface area contributed by atoms with E-state index in [1.54, 1.807) is 11.3 Å². The molecule has 0 radical (unpaired) electrons. The fourth-order valence-electron chi connectivity index (χ4n) is 3.59. The summed E-state index contributed by atoms with van der Waals surface area (Å²) in [6.45, 7) is 0.457. The van der Waals surface area contributed by atoms with E-state index >= 15 is 0 Å². The summed E-state index contributed by atoms with van der Waals surface area (Å²) in [7, 11) is 0. The van der Waals surface area contributed by atoms with Gasteiger partial charge < -0.3 is 19.5 Å². The lowest BCUT2D eigenvalue weighted by atomic mass is 10.2. The maximum absolute atomic E-state index is 12.2. The molecule has 8 nitrogen and oxygen atoms in total. The van der Waals surface area contributed by atoms with E-state index in [4.69, 9.17) is 4.74 Å². The molecule has 0 bridgehead atoms. The first-order chi connectivity index (χ1) is 15.1. The summed E-state index contributed by atoms with van der Waals surface area (Å²) < 4.78 is 8.89. The van der Waals surface area contributed by atoms with Crippen LogP contribution in [0.15, 0.2) is 51.6 Å². The number of nitrogens with zero attached hydrogens (tertiary/aromatic N) is 2. The molecule has 4 heterocycles. The number of thiophene rings is 1. The van der Waals surface area contributed by atoms with E-state index in [0.29, 0.717) is 6.42 Å². The highest BCUT2D eigenvalue weighted by molar-refractivity contribution is 7.13. The third-order valence-corrected chi connectivity index (χ3v) is 6.08. The molecule has 1 fully saturated rings. The number of unbranched alkanes of at least 4 members (excludes halogenated alkanes) is 1. The lowest BCUT2D eigenvalue weighted by molar-refractivity contribution is -0.0459. The highest BCUT2D eigenvalue weighted by atomic mass is 32.1. The zero-order chi connectivity index (χ0) is 21.8. The molecule has 0 unspecified atom stereocenters. The van der Waals surface area contributed by atoms with Crippen LogP contribution in [0.25, 0.3) is 10.6 Å². The molecule has 4 rings (SSSR count). The van der Waals surface area contributed by atoms with Gasteiger partial charge in [0.15, 0.2) is 0 Å². The number of aliphatic hydroxyl groups is 2. The van der Waals surface area contributed by atoms with Crippen molar-refractivity contribution in [1.82, 2.24) is 14.1 Å². The van der Waals surface area contributed by atoms with Crippen molar-refractivity contribution in [1.29, 1.82) is 0 Å². The number of rotatable bonds is 6. The Morgan fingerprint density at radius 2 is 2.16 bits per heavy atom. The molecule has 1 aliphatic heterocycles. The molecular formula is C22H23N3O5S. The number of aliphatic hydroxyl groups excluding tert-OH is 2. The van der Waals surface area contributed by atoms with Gasteiger partial charge in [0, 0.05) is 31.8 Å². The molecule has 162 valence electrons. The zero-order valence-electron chi connectivity index (χ0n) is 16.7. The van der Waals surface area contributed by atoms with Gasteiger partial charge in [0.05, 0.1) is 23.3 Å². The molecule has 1 saturated heterocycles. The summed E-state index contributed by atoms with van der Waals surface area (Å²) in [6, 6.07) is 8.23. The summed E-state index contributed by atoms with van der Waals surface area (Å²) in [5, 5.41) is 21.2. The summed E-state index contributed by atoms with van der Waals surface area (Å²) in [5.74, 6) is 5.83. The summed E-state index contributed by atoms with van der Waals surface area (Å²) in [5.41, 5.74) is 0.133. The first kappa shape index (κ1) is 21.3. The van der Waals surface area contributed by atoms with Crippen LogP contribution in [-0.4, -0.2) is 43.1 Å². The summed E-state index contributed by atoms with van der Waals surface area (Å²) in [4.78, 5) is 27.7. The molecule has 3 aromatic heterocycles. The molecule has 9 heteroatoms. The lowest BCUT2D eigenvalue weighted by Gasteiger charge is -2.14. The van der Waals surface area contributed by atoms with Crippen LogP contribution in [0, 0.1) is 11.8 Å². The van der Waals surface area contributed by atoms with Crippen LogP contribution in [0.4, 0.5) is 0 Å². The van der Waals surface area contributed by atoms with E-state index in [-0.39, 0.29) is 18.6 Å². The maximum atomic E-state index is 12.2. The molecule has 0 aliphatic carbocycles. The van der Waals surface area contributed by atoms with Gasteiger partial charge in [-0.25, -0.2) is 4.79 Å². The Hall–Kier alpha value is -2.90. The van der Waals surface area contributed by atoms with Crippen LogP contribution in [0.3, 0.4) is 0 Å². The van der Waals surface area contributed by atoms with Gasteiger partial charge in [-0.2, -0.15) is 0 Å². The second kappa shape index (κ2) is 9.49. The predicted octanol–water partition coefficient (Wildman–Crippen LogP) is 1.54. The van der Waals surface area contributed by atoms with Crippen LogP contribution < -0.4 is 11.2 Å². The Labute approximate surface area is 182 Å². The fourth-order valence-corrected chi connectivity index (χ4v) is 4.36. The predicted molar refractivity (Wildman–Crippen MR) is 117 cm³/mol. The van der Waals surface area contributed by atoms with Crippen LogP contribution in [0.5, 0.6) is 0 Å². The molecule has 0 aromatic carbocycles. The zero-order valence-corrected chi connectivity index (χ0v) is 17.5. The average molecular weight is 442 g/mol. The minimum atomic E-state index is -0.879. The van der Waals surface area contributed by atoms with Gasteiger partial charge in [0.1, 0.15) is 17.9 Å². The molecule has 3 aromatic rings. The molecule has 0 spiro atoms.